The van der Waals surface area contributed by atoms with Gasteiger partial charge in [-0.2, -0.15) is 20.5 Å². The highest BCUT2D eigenvalue weighted by atomic mass is 15.3. The molecule has 0 fully saturated rings. The van der Waals surface area contributed by atoms with E-state index in [0.717, 1.165) is 43.9 Å². The Kier molecular flexibility index (Phi) is 5.02. The molecule has 7 heteroatoms. The Morgan fingerprint density at radius 2 is 2.26 bits per heavy atom. The molecule has 19 heavy (non-hydrogen) atoms. The van der Waals surface area contributed by atoms with E-state index >= 15 is 0 Å². The van der Waals surface area contributed by atoms with Gasteiger partial charge in [0.1, 0.15) is 12.2 Å². The molecule has 0 aliphatic rings. The van der Waals surface area contributed by atoms with E-state index < -0.39 is 0 Å². The van der Waals surface area contributed by atoms with Crippen LogP contribution in [-0.2, 0) is 13.0 Å². The van der Waals surface area contributed by atoms with Crippen LogP contribution < -0.4 is 5.32 Å². The predicted molar refractivity (Wildman–Crippen MR) is 71.4 cm³/mol. The van der Waals surface area contributed by atoms with Gasteiger partial charge in [-0.1, -0.05) is 13.8 Å². The van der Waals surface area contributed by atoms with Gasteiger partial charge in [-0.05, 0) is 19.4 Å². The highest BCUT2D eigenvalue weighted by Gasteiger charge is 2.17. The van der Waals surface area contributed by atoms with Gasteiger partial charge >= 0.3 is 0 Å². The van der Waals surface area contributed by atoms with Crippen molar-refractivity contribution in [1.82, 2.24) is 35.5 Å². The van der Waals surface area contributed by atoms with Crippen molar-refractivity contribution in [1.29, 1.82) is 0 Å². The van der Waals surface area contributed by atoms with Crippen LogP contribution in [0, 0.1) is 0 Å². The lowest BCUT2D eigenvalue weighted by atomic mass is 10.1. The maximum absolute atomic E-state index is 4.35. The van der Waals surface area contributed by atoms with E-state index in [4.69, 9.17) is 0 Å². The third-order valence-electron chi connectivity index (χ3n) is 2.95. The van der Waals surface area contributed by atoms with Gasteiger partial charge in [-0.25, -0.2) is 4.98 Å². The van der Waals surface area contributed by atoms with Gasteiger partial charge in [-0.15, -0.1) is 0 Å². The SMILES string of the molecule is CCCNC(Cc1ncnn1CCC)c1cn[nH]n1. The largest absolute Gasteiger partial charge is 0.308 e. The third-order valence-corrected chi connectivity index (χ3v) is 2.95. The number of aryl methyl sites for hydroxylation is 1. The molecule has 0 aliphatic heterocycles. The molecule has 0 amide bonds. The predicted octanol–water partition coefficient (Wildman–Crippen LogP) is 1.09. The molecular formula is C12H21N7. The van der Waals surface area contributed by atoms with Gasteiger partial charge in [0.15, 0.2) is 0 Å². The van der Waals surface area contributed by atoms with Crippen LogP contribution in [0.3, 0.4) is 0 Å². The Hall–Kier alpha value is -1.76. The molecule has 2 aromatic heterocycles. The second-order valence-electron chi connectivity index (χ2n) is 4.51. The molecule has 0 spiro atoms. The summed E-state index contributed by atoms with van der Waals surface area (Å²) in [4.78, 5) is 4.35. The van der Waals surface area contributed by atoms with Crippen molar-refractivity contribution >= 4 is 0 Å². The molecule has 2 aromatic rings. The Morgan fingerprint density at radius 1 is 1.37 bits per heavy atom. The van der Waals surface area contributed by atoms with Crippen molar-refractivity contribution in [3.05, 3.63) is 24.0 Å². The molecule has 1 unspecified atom stereocenters. The summed E-state index contributed by atoms with van der Waals surface area (Å²) in [5, 5.41) is 18.4. The number of rotatable bonds is 8. The monoisotopic (exact) mass is 263 g/mol. The van der Waals surface area contributed by atoms with Crippen molar-refractivity contribution in [3.8, 4) is 0 Å². The van der Waals surface area contributed by atoms with Crippen LogP contribution in [0.1, 0.15) is 44.2 Å². The summed E-state index contributed by atoms with van der Waals surface area (Å²) in [6.07, 6.45) is 6.27. The molecule has 7 nitrogen and oxygen atoms in total. The summed E-state index contributed by atoms with van der Waals surface area (Å²) in [5.41, 5.74) is 0.916. The van der Waals surface area contributed by atoms with E-state index in [1.54, 1.807) is 12.5 Å². The maximum Gasteiger partial charge on any atom is 0.138 e. The first kappa shape index (κ1) is 13.7. The van der Waals surface area contributed by atoms with Crippen molar-refractivity contribution in [2.75, 3.05) is 6.54 Å². The second-order valence-corrected chi connectivity index (χ2v) is 4.51. The zero-order chi connectivity index (χ0) is 13.5. The van der Waals surface area contributed by atoms with Crippen LogP contribution in [0.5, 0.6) is 0 Å². The fourth-order valence-corrected chi connectivity index (χ4v) is 2.01. The van der Waals surface area contributed by atoms with Crippen LogP contribution in [0.2, 0.25) is 0 Å². The summed E-state index contributed by atoms with van der Waals surface area (Å²) in [6, 6.07) is 0.124. The fraction of sp³-hybridized carbons (Fsp3) is 0.667. The number of aromatic amines is 1. The normalized spacial score (nSPS) is 12.7. The molecule has 2 heterocycles. The van der Waals surface area contributed by atoms with Crippen LogP contribution >= 0.6 is 0 Å². The lowest BCUT2D eigenvalue weighted by Crippen LogP contribution is -2.26. The van der Waals surface area contributed by atoms with Gasteiger partial charge in [0, 0.05) is 13.0 Å². The number of hydrogen-bond acceptors (Lipinski definition) is 5. The first-order valence-corrected chi connectivity index (χ1v) is 6.80. The number of nitrogens with zero attached hydrogens (tertiary/aromatic N) is 5. The summed E-state index contributed by atoms with van der Waals surface area (Å²) < 4.78 is 1.96. The highest BCUT2D eigenvalue weighted by Crippen LogP contribution is 2.14. The summed E-state index contributed by atoms with van der Waals surface area (Å²) in [6.45, 7) is 6.12. The molecule has 0 aliphatic carbocycles. The standard InChI is InChI=1S/C12H21N7/c1-3-5-13-10(11-8-15-18-17-11)7-12-14-9-16-19(12)6-4-2/h8-10,13H,3-7H2,1-2H3,(H,15,17,18). The van der Waals surface area contributed by atoms with Gasteiger partial charge in [0.05, 0.1) is 17.9 Å². The number of aromatic nitrogens is 6. The minimum Gasteiger partial charge on any atom is -0.308 e. The maximum atomic E-state index is 4.35. The summed E-state index contributed by atoms with van der Waals surface area (Å²) in [5.74, 6) is 0.985. The van der Waals surface area contributed by atoms with Gasteiger partial charge in [-0.3, -0.25) is 4.68 Å². The van der Waals surface area contributed by atoms with Gasteiger partial charge in [0.25, 0.3) is 0 Å². The van der Waals surface area contributed by atoms with E-state index in [2.05, 4.69) is 44.7 Å². The van der Waals surface area contributed by atoms with Gasteiger partial charge < -0.3 is 5.32 Å². The highest BCUT2D eigenvalue weighted by molar-refractivity contribution is 5.04. The van der Waals surface area contributed by atoms with Crippen LogP contribution in [0.15, 0.2) is 12.5 Å². The number of nitrogens with one attached hydrogen (secondary N) is 2. The molecule has 0 saturated heterocycles. The molecule has 0 bridgehead atoms. The zero-order valence-corrected chi connectivity index (χ0v) is 11.5. The van der Waals surface area contributed by atoms with E-state index in [-0.39, 0.29) is 6.04 Å². The molecule has 0 aromatic carbocycles. The molecular weight excluding hydrogens is 242 g/mol. The first-order chi connectivity index (χ1) is 9.35. The fourth-order valence-electron chi connectivity index (χ4n) is 2.01. The minimum atomic E-state index is 0.124. The molecule has 2 rings (SSSR count). The van der Waals surface area contributed by atoms with E-state index in [1.165, 1.54) is 0 Å². The summed E-state index contributed by atoms with van der Waals surface area (Å²) >= 11 is 0. The first-order valence-electron chi connectivity index (χ1n) is 6.80. The quantitative estimate of drug-likeness (QED) is 0.744. The van der Waals surface area contributed by atoms with E-state index in [1.807, 2.05) is 4.68 Å². The Labute approximate surface area is 112 Å². The summed E-state index contributed by atoms with van der Waals surface area (Å²) in [7, 11) is 0. The molecule has 1 atom stereocenters. The minimum absolute atomic E-state index is 0.124. The Morgan fingerprint density at radius 3 is 2.95 bits per heavy atom. The topological polar surface area (TPSA) is 84.3 Å². The van der Waals surface area contributed by atoms with E-state index in [0.29, 0.717) is 0 Å². The molecule has 2 N–H and O–H groups in total. The van der Waals surface area contributed by atoms with Crippen LogP contribution in [0.4, 0.5) is 0 Å². The smallest absolute Gasteiger partial charge is 0.138 e. The molecule has 0 radical (unpaired) electrons. The molecule has 104 valence electrons. The average Bonchev–Trinajstić information content (AvgIpc) is 3.06. The second kappa shape index (κ2) is 6.98. The van der Waals surface area contributed by atoms with Crippen molar-refractivity contribution in [3.63, 3.8) is 0 Å². The Balaban J connectivity index is 2.08. The number of hydrogen-bond donors (Lipinski definition) is 2. The zero-order valence-electron chi connectivity index (χ0n) is 11.5. The van der Waals surface area contributed by atoms with Gasteiger partial charge in [0.2, 0.25) is 0 Å². The van der Waals surface area contributed by atoms with Crippen molar-refractivity contribution in [2.24, 2.45) is 0 Å². The third kappa shape index (κ3) is 3.60. The Bertz CT molecular complexity index is 462. The van der Waals surface area contributed by atoms with Crippen molar-refractivity contribution in [2.45, 2.75) is 45.7 Å². The number of H-pyrrole nitrogens is 1. The van der Waals surface area contributed by atoms with Crippen molar-refractivity contribution < 1.29 is 0 Å². The van der Waals surface area contributed by atoms with Crippen LogP contribution in [-0.4, -0.2) is 36.7 Å². The van der Waals surface area contributed by atoms with E-state index in [9.17, 15) is 0 Å². The average molecular weight is 263 g/mol. The van der Waals surface area contributed by atoms with Crippen LogP contribution in [0.25, 0.3) is 0 Å². The molecule has 0 saturated carbocycles. The lowest BCUT2D eigenvalue weighted by molar-refractivity contribution is 0.480. The lowest BCUT2D eigenvalue weighted by Gasteiger charge is -2.15.